The zero-order chi connectivity index (χ0) is 13.6. The van der Waals surface area contributed by atoms with Crippen LogP contribution in [0.4, 0.5) is 14.5 Å². The molecule has 19 heavy (non-hydrogen) atoms. The van der Waals surface area contributed by atoms with E-state index in [1.54, 1.807) is 0 Å². The lowest BCUT2D eigenvalue weighted by Crippen LogP contribution is -1.95. The number of halogens is 2. The third-order valence-electron chi connectivity index (χ3n) is 2.83. The minimum Gasteiger partial charge on any atom is -0.398 e. The monoisotopic (exact) mass is 260 g/mol. The van der Waals surface area contributed by atoms with Gasteiger partial charge in [0.1, 0.15) is 5.82 Å². The number of imidazole rings is 1. The van der Waals surface area contributed by atoms with Gasteiger partial charge in [-0.15, -0.1) is 0 Å². The van der Waals surface area contributed by atoms with Crippen molar-refractivity contribution in [3.8, 4) is 11.4 Å². The Balaban J connectivity index is 2.21. The predicted octanol–water partition coefficient (Wildman–Crippen LogP) is 2.79. The molecule has 1 aromatic carbocycles. The van der Waals surface area contributed by atoms with Crippen LogP contribution in [0.3, 0.4) is 0 Å². The molecule has 2 aromatic heterocycles. The third-order valence-corrected chi connectivity index (χ3v) is 2.83. The molecule has 3 aromatic rings. The van der Waals surface area contributed by atoms with E-state index in [4.69, 9.17) is 5.73 Å². The summed E-state index contributed by atoms with van der Waals surface area (Å²) in [6, 6.07) is 5.62. The van der Waals surface area contributed by atoms with E-state index < -0.39 is 11.6 Å². The average Bonchev–Trinajstić information content (AvgIpc) is 2.76. The van der Waals surface area contributed by atoms with Crippen LogP contribution in [0.2, 0.25) is 0 Å². The van der Waals surface area contributed by atoms with Crippen molar-refractivity contribution in [2.75, 3.05) is 5.73 Å². The molecule has 0 aliphatic heterocycles. The van der Waals surface area contributed by atoms with Crippen molar-refractivity contribution in [2.24, 2.45) is 0 Å². The summed E-state index contributed by atoms with van der Waals surface area (Å²) in [4.78, 5) is 11.5. The summed E-state index contributed by atoms with van der Waals surface area (Å²) in [6.07, 6.45) is 0. The summed E-state index contributed by atoms with van der Waals surface area (Å²) < 4.78 is 26.3. The molecule has 0 fully saturated rings. The van der Waals surface area contributed by atoms with Gasteiger partial charge in [-0.1, -0.05) is 0 Å². The maximum absolute atomic E-state index is 13.3. The van der Waals surface area contributed by atoms with E-state index in [1.165, 1.54) is 0 Å². The van der Waals surface area contributed by atoms with Crippen molar-refractivity contribution in [1.82, 2.24) is 15.0 Å². The second-order valence-electron chi connectivity index (χ2n) is 4.26. The molecule has 0 aliphatic carbocycles. The molecule has 0 amide bonds. The van der Waals surface area contributed by atoms with Gasteiger partial charge in [0.05, 0.1) is 5.52 Å². The van der Waals surface area contributed by atoms with Gasteiger partial charge in [-0.05, 0) is 25.1 Å². The van der Waals surface area contributed by atoms with E-state index in [0.717, 1.165) is 17.8 Å². The van der Waals surface area contributed by atoms with Gasteiger partial charge < -0.3 is 10.7 Å². The number of hydrogen-bond donors (Lipinski definition) is 2. The molecular weight excluding hydrogens is 250 g/mol. The highest BCUT2D eigenvalue weighted by atomic mass is 19.2. The first kappa shape index (κ1) is 11.6. The van der Waals surface area contributed by atoms with E-state index in [9.17, 15) is 8.78 Å². The number of pyridine rings is 1. The fraction of sp³-hybridized carbons (Fsp3) is 0.0769. The number of H-pyrrole nitrogens is 1. The van der Waals surface area contributed by atoms with Crippen LogP contribution in [-0.4, -0.2) is 15.0 Å². The van der Waals surface area contributed by atoms with Crippen LogP contribution in [0.15, 0.2) is 24.3 Å². The Morgan fingerprint density at radius 3 is 2.63 bits per heavy atom. The molecule has 0 saturated carbocycles. The highest BCUT2D eigenvalue weighted by Crippen LogP contribution is 2.27. The molecule has 4 nitrogen and oxygen atoms in total. The van der Waals surface area contributed by atoms with Gasteiger partial charge >= 0.3 is 0 Å². The van der Waals surface area contributed by atoms with Crippen molar-refractivity contribution in [1.29, 1.82) is 0 Å². The smallest absolute Gasteiger partial charge is 0.178 e. The number of anilines is 1. The van der Waals surface area contributed by atoms with Crippen molar-refractivity contribution >= 4 is 16.9 Å². The van der Waals surface area contributed by atoms with Crippen LogP contribution in [0.25, 0.3) is 22.6 Å². The van der Waals surface area contributed by atoms with Gasteiger partial charge in [-0.3, -0.25) is 0 Å². The summed E-state index contributed by atoms with van der Waals surface area (Å²) in [7, 11) is 0. The summed E-state index contributed by atoms with van der Waals surface area (Å²) >= 11 is 0. The topological polar surface area (TPSA) is 67.6 Å². The van der Waals surface area contributed by atoms with Gasteiger partial charge in [0, 0.05) is 23.0 Å². The molecule has 0 radical (unpaired) electrons. The average molecular weight is 260 g/mol. The lowest BCUT2D eigenvalue weighted by atomic mass is 10.1. The van der Waals surface area contributed by atoms with Crippen LogP contribution >= 0.6 is 0 Å². The first-order valence-corrected chi connectivity index (χ1v) is 5.63. The summed E-state index contributed by atoms with van der Waals surface area (Å²) in [5.41, 5.74) is 8.17. The molecule has 0 bridgehead atoms. The normalized spacial score (nSPS) is 11.1. The maximum Gasteiger partial charge on any atom is 0.178 e. The summed E-state index contributed by atoms with van der Waals surface area (Å²) in [5.74, 6) is -1.58. The Hall–Kier alpha value is -2.50. The summed E-state index contributed by atoms with van der Waals surface area (Å²) in [5, 5.41) is 0. The number of aryl methyl sites for hydroxylation is 1. The molecule has 6 heteroatoms. The number of nitrogen functional groups attached to an aromatic ring is 1. The Bertz CT molecular complexity index is 780. The second kappa shape index (κ2) is 4.01. The number of aromatic nitrogens is 3. The van der Waals surface area contributed by atoms with Crippen molar-refractivity contribution < 1.29 is 8.78 Å². The highest BCUT2D eigenvalue weighted by molar-refractivity contribution is 5.80. The van der Waals surface area contributed by atoms with E-state index >= 15 is 0 Å². The first-order chi connectivity index (χ1) is 9.04. The van der Waals surface area contributed by atoms with Crippen molar-refractivity contribution in [2.45, 2.75) is 6.92 Å². The van der Waals surface area contributed by atoms with Crippen LogP contribution in [-0.2, 0) is 0 Å². The fourth-order valence-electron chi connectivity index (χ4n) is 1.88. The number of nitrogens with two attached hydrogens (primary N) is 1. The lowest BCUT2D eigenvalue weighted by Gasteiger charge is -2.03. The minimum atomic E-state index is -0.980. The third kappa shape index (κ3) is 1.91. The SMILES string of the molecule is Cc1ccc2[nH]c(-c3cc(F)c(F)cc3N)nc2n1. The quantitative estimate of drug-likeness (QED) is 0.661. The first-order valence-electron chi connectivity index (χ1n) is 5.63. The van der Waals surface area contributed by atoms with Crippen LogP contribution in [0, 0.1) is 18.6 Å². The van der Waals surface area contributed by atoms with E-state index in [-0.39, 0.29) is 5.69 Å². The number of nitrogens with one attached hydrogen (secondary N) is 1. The number of aromatic amines is 1. The van der Waals surface area contributed by atoms with Gasteiger partial charge in [-0.25, -0.2) is 18.7 Å². The molecule has 3 rings (SSSR count). The van der Waals surface area contributed by atoms with Gasteiger partial charge in [0.25, 0.3) is 0 Å². The van der Waals surface area contributed by atoms with Crippen LogP contribution in [0.1, 0.15) is 5.69 Å². The summed E-state index contributed by atoms with van der Waals surface area (Å²) in [6.45, 7) is 1.85. The molecule has 0 unspecified atom stereocenters. The Labute approximate surface area is 107 Å². The van der Waals surface area contributed by atoms with E-state index in [0.29, 0.717) is 22.6 Å². The number of benzene rings is 1. The minimum absolute atomic E-state index is 0.120. The fourth-order valence-corrected chi connectivity index (χ4v) is 1.88. The highest BCUT2D eigenvalue weighted by Gasteiger charge is 2.13. The Morgan fingerprint density at radius 1 is 1.11 bits per heavy atom. The predicted molar refractivity (Wildman–Crippen MR) is 68.4 cm³/mol. The number of fused-ring (bicyclic) bond motifs is 1. The van der Waals surface area contributed by atoms with Crippen LogP contribution in [0.5, 0.6) is 0 Å². The van der Waals surface area contributed by atoms with Gasteiger partial charge in [0.2, 0.25) is 0 Å². The Morgan fingerprint density at radius 2 is 1.84 bits per heavy atom. The second-order valence-corrected chi connectivity index (χ2v) is 4.26. The zero-order valence-corrected chi connectivity index (χ0v) is 10.0. The lowest BCUT2D eigenvalue weighted by molar-refractivity contribution is 0.509. The number of hydrogen-bond acceptors (Lipinski definition) is 3. The molecular formula is C13H10F2N4. The molecule has 3 N–H and O–H groups in total. The van der Waals surface area contributed by atoms with Gasteiger partial charge in [0.15, 0.2) is 17.3 Å². The number of nitrogens with zero attached hydrogens (tertiary/aromatic N) is 2. The molecule has 0 atom stereocenters. The maximum atomic E-state index is 13.3. The Kier molecular flexibility index (Phi) is 2.45. The molecule has 0 saturated heterocycles. The molecule has 96 valence electrons. The standard InChI is InChI=1S/C13H10F2N4/c1-6-2-3-11-13(17-6)19-12(18-11)7-4-8(14)9(15)5-10(7)16/h2-5H,16H2,1H3,(H,17,18,19). The largest absolute Gasteiger partial charge is 0.398 e. The van der Waals surface area contributed by atoms with E-state index in [2.05, 4.69) is 15.0 Å². The molecule has 0 spiro atoms. The van der Waals surface area contributed by atoms with Crippen molar-refractivity contribution in [3.05, 3.63) is 41.6 Å². The molecule has 2 heterocycles. The number of rotatable bonds is 1. The van der Waals surface area contributed by atoms with E-state index in [1.807, 2.05) is 19.1 Å². The zero-order valence-electron chi connectivity index (χ0n) is 10.0. The molecule has 0 aliphatic rings. The van der Waals surface area contributed by atoms with Crippen molar-refractivity contribution in [3.63, 3.8) is 0 Å². The van der Waals surface area contributed by atoms with Gasteiger partial charge in [-0.2, -0.15) is 0 Å². The van der Waals surface area contributed by atoms with Crippen LogP contribution < -0.4 is 5.73 Å².